The molecular formula is C12H20N4O. The van der Waals surface area contributed by atoms with Crippen LogP contribution in [-0.4, -0.2) is 41.3 Å². The molecule has 1 aromatic heterocycles. The van der Waals surface area contributed by atoms with Gasteiger partial charge in [0.1, 0.15) is 18.0 Å². The standard InChI is InChI=1S/C12H20N4O/c1-9-11(13-2)14-8-15-12(9)16-6-4-3-5-10(16)7-17/h8,10,17H,3-7H2,1-2H3,(H,13,14,15). The number of aliphatic hydroxyl groups excluding tert-OH is 1. The van der Waals surface area contributed by atoms with Crippen LogP contribution in [0.5, 0.6) is 0 Å². The van der Waals surface area contributed by atoms with Crippen molar-refractivity contribution in [2.75, 3.05) is 30.4 Å². The number of hydrogen-bond acceptors (Lipinski definition) is 5. The van der Waals surface area contributed by atoms with Gasteiger partial charge in [-0.05, 0) is 26.2 Å². The molecule has 0 spiro atoms. The predicted octanol–water partition coefficient (Wildman–Crippen LogP) is 1.18. The van der Waals surface area contributed by atoms with E-state index in [1.165, 1.54) is 6.42 Å². The molecule has 0 bridgehead atoms. The Labute approximate surface area is 102 Å². The van der Waals surface area contributed by atoms with Crippen LogP contribution in [0.1, 0.15) is 24.8 Å². The summed E-state index contributed by atoms with van der Waals surface area (Å²) in [6, 6.07) is 0.196. The number of rotatable bonds is 3. The fourth-order valence-electron chi connectivity index (χ4n) is 2.45. The lowest BCUT2D eigenvalue weighted by Crippen LogP contribution is -2.42. The van der Waals surface area contributed by atoms with Gasteiger partial charge in [0, 0.05) is 19.2 Å². The van der Waals surface area contributed by atoms with Crippen molar-refractivity contribution in [1.82, 2.24) is 9.97 Å². The van der Waals surface area contributed by atoms with Gasteiger partial charge in [0.15, 0.2) is 0 Å². The van der Waals surface area contributed by atoms with Crippen molar-refractivity contribution in [2.45, 2.75) is 32.2 Å². The van der Waals surface area contributed by atoms with Crippen LogP contribution in [0, 0.1) is 6.92 Å². The zero-order valence-electron chi connectivity index (χ0n) is 10.5. The first-order valence-electron chi connectivity index (χ1n) is 6.14. The van der Waals surface area contributed by atoms with Gasteiger partial charge in [-0.2, -0.15) is 0 Å². The van der Waals surface area contributed by atoms with Crippen LogP contribution in [0.25, 0.3) is 0 Å². The van der Waals surface area contributed by atoms with Crippen molar-refractivity contribution in [3.63, 3.8) is 0 Å². The van der Waals surface area contributed by atoms with Crippen LogP contribution in [0.2, 0.25) is 0 Å². The quantitative estimate of drug-likeness (QED) is 0.825. The normalized spacial score (nSPS) is 20.4. The van der Waals surface area contributed by atoms with E-state index in [-0.39, 0.29) is 12.6 Å². The van der Waals surface area contributed by atoms with Crippen molar-refractivity contribution in [3.8, 4) is 0 Å². The smallest absolute Gasteiger partial charge is 0.137 e. The summed E-state index contributed by atoms with van der Waals surface area (Å²) in [6.45, 7) is 3.18. The van der Waals surface area contributed by atoms with E-state index in [0.29, 0.717) is 0 Å². The molecule has 1 aliphatic heterocycles. The van der Waals surface area contributed by atoms with Crippen molar-refractivity contribution in [2.24, 2.45) is 0 Å². The maximum absolute atomic E-state index is 9.44. The van der Waals surface area contributed by atoms with Gasteiger partial charge in [0.2, 0.25) is 0 Å². The highest BCUT2D eigenvalue weighted by Gasteiger charge is 2.24. The third-order valence-electron chi connectivity index (χ3n) is 3.40. The van der Waals surface area contributed by atoms with Crippen LogP contribution in [0.15, 0.2) is 6.33 Å². The second kappa shape index (κ2) is 5.31. The summed E-state index contributed by atoms with van der Waals surface area (Å²) in [4.78, 5) is 10.8. The Kier molecular flexibility index (Phi) is 3.78. The minimum atomic E-state index is 0.193. The molecule has 1 aliphatic rings. The predicted molar refractivity (Wildman–Crippen MR) is 68.4 cm³/mol. The molecule has 1 saturated heterocycles. The molecule has 0 amide bonds. The topological polar surface area (TPSA) is 61.3 Å². The molecule has 2 N–H and O–H groups in total. The van der Waals surface area contributed by atoms with Crippen molar-refractivity contribution in [1.29, 1.82) is 0 Å². The molecule has 17 heavy (non-hydrogen) atoms. The molecule has 0 aromatic carbocycles. The highest BCUT2D eigenvalue weighted by atomic mass is 16.3. The average molecular weight is 236 g/mol. The summed E-state index contributed by atoms with van der Waals surface area (Å²) >= 11 is 0. The lowest BCUT2D eigenvalue weighted by atomic mass is 10.0. The molecule has 94 valence electrons. The Morgan fingerprint density at radius 1 is 1.47 bits per heavy atom. The molecule has 2 heterocycles. The van der Waals surface area contributed by atoms with Crippen LogP contribution in [0.3, 0.4) is 0 Å². The number of anilines is 2. The van der Waals surface area contributed by atoms with Crippen molar-refractivity contribution < 1.29 is 5.11 Å². The van der Waals surface area contributed by atoms with E-state index in [9.17, 15) is 5.11 Å². The third-order valence-corrected chi connectivity index (χ3v) is 3.40. The number of aromatic nitrogens is 2. The van der Waals surface area contributed by atoms with Crippen LogP contribution >= 0.6 is 0 Å². The Hall–Kier alpha value is -1.36. The Balaban J connectivity index is 2.31. The Morgan fingerprint density at radius 2 is 2.29 bits per heavy atom. The van der Waals surface area contributed by atoms with Gasteiger partial charge in [-0.15, -0.1) is 0 Å². The zero-order valence-corrected chi connectivity index (χ0v) is 10.5. The lowest BCUT2D eigenvalue weighted by Gasteiger charge is -2.36. The summed E-state index contributed by atoms with van der Waals surface area (Å²) in [5.74, 6) is 1.81. The Morgan fingerprint density at radius 3 is 3.00 bits per heavy atom. The molecule has 0 aliphatic carbocycles. The second-order valence-electron chi connectivity index (χ2n) is 4.45. The summed E-state index contributed by atoms with van der Waals surface area (Å²) in [5.41, 5.74) is 1.05. The fraction of sp³-hybridized carbons (Fsp3) is 0.667. The van der Waals surface area contributed by atoms with Gasteiger partial charge in [-0.25, -0.2) is 9.97 Å². The van der Waals surface area contributed by atoms with E-state index in [2.05, 4.69) is 20.2 Å². The van der Waals surface area contributed by atoms with E-state index in [1.54, 1.807) is 6.33 Å². The molecule has 5 nitrogen and oxygen atoms in total. The van der Waals surface area contributed by atoms with Gasteiger partial charge in [0.05, 0.1) is 12.6 Å². The van der Waals surface area contributed by atoms with Gasteiger partial charge < -0.3 is 15.3 Å². The number of nitrogens with one attached hydrogen (secondary N) is 1. The number of nitrogens with zero attached hydrogens (tertiary/aromatic N) is 3. The average Bonchev–Trinajstić information content (AvgIpc) is 2.39. The molecule has 0 saturated carbocycles. The lowest BCUT2D eigenvalue weighted by molar-refractivity contribution is 0.239. The minimum absolute atomic E-state index is 0.193. The van der Waals surface area contributed by atoms with Gasteiger partial charge >= 0.3 is 0 Å². The molecule has 1 unspecified atom stereocenters. The van der Waals surface area contributed by atoms with E-state index in [4.69, 9.17) is 0 Å². The van der Waals surface area contributed by atoms with Crippen LogP contribution in [0.4, 0.5) is 11.6 Å². The highest BCUT2D eigenvalue weighted by molar-refractivity contribution is 5.58. The van der Waals surface area contributed by atoms with E-state index < -0.39 is 0 Å². The summed E-state index contributed by atoms with van der Waals surface area (Å²) in [7, 11) is 1.86. The SMILES string of the molecule is CNc1ncnc(N2CCCCC2CO)c1C. The first-order valence-corrected chi connectivity index (χ1v) is 6.14. The molecule has 1 fully saturated rings. The van der Waals surface area contributed by atoms with E-state index in [1.807, 2.05) is 14.0 Å². The van der Waals surface area contributed by atoms with E-state index in [0.717, 1.165) is 36.6 Å². The van der Waals surface area contributed by atoms with Crippen molar-refractivity contribution >= 4 is 11.6 Å². The highest BCUT2D eigenvalue weighted by Crippen LogP contribution is 2.27. The van der Waals surface area contributed by atoms with E-state index >= 15 is 0 Å². The van der Waals surface area contributed by atoms with Crippen molar-refractivity contribution in [3.05, 3.63) is 11.9 Å². The van der Waals surface area contributed by atoms with Gasteiger partial charge in [-0.1, -0.05) is 0 Å². The van der Waals surface area contributed by atoms with Gasteiger partial charge in [0.25, 0.3) is 0 Å². The summed E-state index contributed by atoms with van der Waals surface area (Å²) < 4.78 is 0. The largest absolute Gasteiger partial charge is 0.394 e. The molecule has 5 heteroatoms. The summed E-state index contributed by atoms with van der Waals surface area (Å²) in [5, 5.41) is 12.5. The molecule has 2 rings (SSSR count). The molecular weight excluding hydrogens is 216 g/mol. The third kappa shape index (κ3) is 2.34. The number of hydrogen-bond donors (Lipinski definition) is 2. The fourth-order valence-corrected chi connectivity index (χ4v) is 2.45. The molecule has 0 radical (unpaired) electrons. The molecule has 1 atom stereocenters. The van der Waals surface area contributed by atoms with Crippen LogP contribution in [-0.2, 0) is 0 Å². The maximum atomic E-state index is 9.44. The zero-order chi connectivity index (χ0) is 12.3. The summed E-state index contributed by atoms with van der Waals surface area (Å²) in [6.07, 6.45) is 4.96. The second-order valence-corrected chi connectivity index (χ2v) is 4.45. The minimum Gasteiger partial charge on any atom is -0.394 e. The van der Waals surface area contributed by atoms with Gasteiger partial charge in [-0.3, -0.25) is 0 Å². The number of aliphatic hydroxyl groups is 1. The Bertz CT molecular complexity index is 383. The maximum Gasteiger partial charge on any atom is 0.137 e. The molecule has 1 aromatic rings. The number of piperidine rings is 1. The van der Waals surface area contributed by atoms with Crippen LogP contribution < -0.4 is 10.2 Å². The monoisotopic (exact) mass is 236 g/mol. The first kappa shape index (κ1) is 12.1. The first-order chi connectivity index (χ1) is 8.27.